The van der Waals surface area contributed by atoms with Gasteiger partial charge in [-0.05, 0) is 31.2 Å². The third-order valence-electron chi connectivity index (χ3n) is 2.70. The summed E-state index contributed by atoms with van der Waals surface area (Å²) in [6.45, 7) is 2.03. The molecule has 0 fully saturated rings. The van der Waals surface area contributed by atoms with Crippen LogP contribution in [0.2, 0.25) is 0 Å². The molecule has 0 bridgehead atoms. The number of anilines is 1. The molecule has 0 aliphatic carbocycles. The number of rotatable bonds is 4. The minimum Gasteiger partial charge on any atom is -0.406 e. The fourth-order valence-corrected chi connectivity index (χ4v) is 1.82. The van der Waals surface area contributed by atoms with Gasteiger partial charge in [0.25, 0.3) is 0 Å². The number of aryl methyl sites for hydroxylation is 1. The van der Waals surface area contributed by atoms with Crippen LogP contribution in [-0.2, 0) is 6.54 Å². The SMILES string of the molecule is Cc1cccc(CNC(=O)Nc2cccc(OC(F)(F)F)c2)n1. The van der Waals surface area contributed by atoms with E-state index in [9.17, 15) is 18.0 Å². The number of nitrogens with zero attached hydrogens (tertiary/aromatic N) is 1. The first-order valence-corrected chi connectivity index (χ1v) is 6.65. The van der Waals surface area contributed by atoms with Crippen molar-refractivity contribution in [3.63, 3.8) is 0 Å². The summed E-state index contributed by atoms with van der Waals surface area (Å²) in [6, 6.07) is 9.87. The number of halogens is 3. The molecule has 2 amide bonds. The highest BCUT2D eigenvalue weighted by atomic mass is 19.4. The third-order valence-corrected chi connectivity index (χ3v) is 2.70. The lowest BCUT2D eigenvalue weighted by Gasteiger charge is -2.11. The van der Waals surface area contributed by atoms with E-state index in [-0.39, 0.29) is 12.2 Å². The van der Waals surface area contributed by atoms with Gasteiger partial charge in [0, 0.05) is 17.4 Å². The van der Waals surface area contributed by atoms with E-state index in [0.717, 1.165) is 17.8 Å². The fourth-order valence-electron chi connectivity index (χ4n) is 1.82. The van der Waals surface area contributed by atoms with Gasteiger partial charge in [-0.2, -0.15) is 0 Å². The number of alkyl halides is 3. The van der Waals surface area contributed by atoms with Crippen LogP contribution in [0.5, 0.6) is 5.75 Å². The molecule has 1 heterocycles. The Labute approximate surface area is 130 Å². The second kappa shape index (κ2) is 6.99. The molecule has 0 aliphatic heterocycles. The van der Waals surface area contributed by atoms with Crippen LogP contribution in [0.25, 0.3) is 0 Å². The summed E-state index contributed by atoms with van der Waals surface area (Å²) in [5, 5.41) is 4.99. The van der Waals surface area contributed by atoms with E-state index in [1.54, 1.807) is 6.07 Å². The van der Waals surface area contributed by atoms with Crippen molar-refractivity contribution in [2.75, 3.05) is 5.32 Å². The molecule has 1 aromatic carbocycles. The van der Waals surface area contributed by atoms with Crippen LogP contribution in [0.1, 0.15) is 11.4 Å². The van der Waals surface area contributed by atoms with Crippen molar-refractivity contribution in [1.82, 2.24) is 10.3 Å². The molecule has 0 atom stereocenters. The van der Waals surface area contributed by atoms with Crippen molar-refractivity contribution in [3.05, 3.63) is 53.9 Å². The van der Waals surface area contributed by atoms with Crippen LogP contribution in [0.3, 0.4) is 0 Å². The summed E-state index contributed by atoms with van der Waals surface area (Å²) in [6.07, 6.45) is -4.78. The van der Waals surface area contributed by atoms with Crippen LogP contribution in [-0.4, -0.2) is 17.4 Å². The Bertz CT molecular complexity index is 690. The van der Waals surface area contributed by atoms with E-state index in [0.29, 0.717) is 5.69 Å². The maximum absolute atomic E-state index is 12.1. The molecule has 0 unspecified atom stereocenters. The number of hydrogen-bond donors (Lipinski definition) is 2. The standard InChI is InChI=1S/C15H14F3N3O2/c1-10-4-2-6-12(20-10)9-19-14(22)21-11-5-3-7-13(8-11)23-15(16,17)18/h2-8H,9H2,1H3,(H2,19,21,22). The largest absolute Gasteiger partial charge is 0.573 e. The number of benzene rings is 1. The molecule has 0 radical (unpaired) electrons. The molecular weight excluding hydrogens is 311 g/mol. The van der Waals surface area contributed by atoms with Gasteiger partial charge < -0.3 is 15.4 Å². The number of aromatic nitrogens is 1. The molecule has 0 saturated heterocycles. The van der Waals surface area contributed by atoms with Gasteiger partial charge in [0.2, 0.25) is 0 Å². The van der Waals surface area contributed by atoms with E-state index < -0.39 is 18.1 Å². The molecule has 122 valence electrons. The number of urea groups is 1. The molecule has 0 saturated carbocycles. The number of amides is 2. The maximum Gasteiger partial charge on any atom is 0.573 e. The van der Waals surface area contributed by atoms with Gasteiger partial charge in [-0.3, -0.25) is 4.98 Å². The minimum atomic E-state index is -4.78. The Morgan fingerprint density at radius 2 is 1.96 bits per heavy atom. The average Bonchev–Trinajstić information content (AvgIpc) is 2.44. The van der Waals surface area contributed by atoms with Crippen molar-refractivity contribution in [3.8, 4) is 5.75 Å². The number of ether oxygens (including phenoxy) is 1. The van der Waals surface area contributed by atoms with Crippen LogP contribution < -0.4 is 15.4 Å². The van der Waals surface area contributed by atoms with Gasteiger partial charge in [0.1, 0.15) is 5.75 Å². The Balaban J connectivity index is 1.91. The minimum absolute atomic E-state index is 0.182. The lowest BCUT2D eigenvalue weighted by atomic mass is 10.3. The normalized spacial score (nSPS) is 11.0. The molecule has 23 heavy (non-hydrogen) atoms. The number of hydrogen-bond acceptors (Lipinski definition) is 3. The molecular formula is C15H14F3N3O2. The van der Waals surface area contributed by atoms with E-state index in [2.05, 4.69) is 20.4 Å². The monoisotopic (exact) mass is 325 g/mol. The molecule has 0 spiro atoms. The Kier molecular flexibility index (Phi) is 5.05. The van der Waals surface area contributed by atoms with Crippen molar-refractivity contribution in [2.24, 2.45) is 0 Å². The van der Waals surface area contributed by atoms with Crippen molar-refractivity contribution >= 4 is 11.7 Å². The van der Waals surface area contributed by atoms with Crippen molar-refractivity contribution in [2.45, 2.75) is 19.8 Å². The summed E-state index contributed by atoms with van der Waals surface area (Å²) >= 11 is 0. The van der Waals surface area contributed by atoms with E-state index in [1.165, 1.54) is 12.1 Å². The summed E-state index contributed by atoms with van der Waals surface area (Å²) in [5.74, 6) is -0.407. The highest BCUT2D eigenvalue weighted by Crippen LogP contribution is 2.24. The average molecular weight is 325 g/mol. The predicted molar refractivity (Wildman–Crippen MR) is 78.0 cm³/mol. The van der Waals surface area contributed by atoms with Crippen LogP contribution in [0.15, 0.2) is 42.5 Å². The van der Waals surface area contributed by atoms with Gasteiger partial charge >= 0.3 is 12.4 Å². The first-order valence-electron chi connectivity index (χ1n) is 6.65. The van der Waals surface area contributed by atoms with Crippen molar-refractivity contribution < 1.29 is 22.7 Å². The van der Waals surface area contributed by atoms with Crippen LogP contribution >= 0.6 is 0 Å². The quantitative estimate of drug-likeness (QED) is 0.902. The second-order valence-corrected chi connectivity index (χ2v) is 4.65. The highest BCUT2D eigenvalue weighted by molar-refractivity contribution is 5.89. The number of pyridine rings is 1. The first kappa shape index (κ1) is 16.6. The lowest BCUT2D eigenvalue weighted by Crippen LogP contribution is -2.28. The topological polar surface area (TPSA) is 63.2 Å². The molecule has 2 N–H and O–H groups in total. The summed E-state index contributed by atoms with van der Waals surface area (Å²) < 4.78 is 40.2. The first-order chi connectivity index (χ1) is 10.8. The van der Waals surface area contributed by atoms with Gasteiger partial charge in [0.15, 0.2) is 0 Å². The van der Waals surface area contributed by atoms with Crippen LogP contribution in [0, 0.1) is 6.92 Å². The zero-order valence-corrected chi connectivity index (χ0v) is 12.1. The number of carbonyl (C=O) groups excluding carboxylic acids is 1. The predicted octanol–water partition coefficient (Wildman–Crippen LogP) is 3.61. The fraction of sp³-hybridized carbons (Fsp3) is 0.200. The Morgan fingerprint density at radius 1 is 1.22 bits per heavy atom. The van der Waals surface area contributed by atoms with Gasteiger partial charge in [-0.15, -0.1) is 13.2 Å². The molecule has 2 rings (SSSR count). The summed E-state index contributed by atoms with van der Waals surface area (Å²) in [4.78, 5) is 16.0. The Hall–Kier alpha value is -2.77. The van der Waals surface area contributed by atoms with Gasteiger partial charge in [-0.1, -0.05) is 12.1 Å². The van der Waals surface area contributed by atoms with Gasteiger partial charge in [0.05, 0.1) is 12.2 Å². The third kappa shape index (κ3) is 5.85. The summed E-state index contributed by atoms with van der Waals surface area (Å²) in [7, 11) is 0. The maximum atomic E-state index is 12.1. The molecule has 0 aliphatic rings. The summed E-state index contributed by atoms with van der Waals surface area (Å²) in [5.41, 5.74) is 1.68. The molecule has 2 aromatic rings. The smallest absolute Gasteiger partial charge is 0.406 e. The van der Waals surface area contributed by atoms with Crippen molar-refractivity contribution in [1.29, 1.82) is 0 Å². The van der Waals surface area contributed by atoms with E-state index >= 15 is 0 Å². The molecule has 5 nitrogen and oxygen atoms in total. The number of carbonyl (C=O) groups is 1. The second-order valence-electron chi connectivity index (χ2n) is 4.65. The number of nitrogens with one attached hydrogen (secondary N) is 2. The lowest BCUT2D eigenvalue weighted by molar-refractivity contribution is -0.274. The zero-order valence-electron chi connectivity index (χ0n) is 12.1. The van der Waals surface area contributed by atoms with Crippen LogP contribution in [0.4, 0.5) is 23.7 Å². The molecule has 1 aromatic heterocycles. The van der Waals surface area contributed by atoms with E-state index in [1.807, 2.05) is 19.1 Å². The van der Waals surface area contributed by atoms with E-state index in [4.69, 9.17) is 0 Å². The Morgan fingerprint density at radius 3 is 2.65 bits per heavy atom. The molecule has 8 heteroatoms. The highest BCUT2D eigenvalue weighted by Gasteiger charge is 2.31. The van der Waals surface area contributed by atoms with Gasteiger partial charge in [-0.25, -0.2) is 4.79 Å². The zero-order chi connectivity index (χ0) is 16.9.